The third-order valence-electron chi connectivity index (χ3n) is 5.51. The van der Waals surface area contributed by atoms with Crippen molar-refractivity contribution in [1.29, 1.82) is 0 Å². The number of esters is 3. The van der Waals surface area contributed by atoms with Gasteiger partial charge in [-0.1, -0.05) is 0 Å². The highest BCUT2D eigenvalue weighted by atomic mass is 127. The molecular weight excluding hydrogens is 1230 g/mol. The predicted molar refractivity (Wildman–Crippen MR) is 203 cm³/mol. The molecule has 0 heterocycles. The Kier molecular flexibility index (Phi) is 14.6. The average Bonchev–Trinajstić information content (AvgIpc) is 2.94. The molecule has 3 aromatic carbocycles. The van der Waals surface area contributed by atoms with Crippen LogP contribution in [0.1, 0.15) is 31.1 Å². The van der Waals surface area contributed by atoms with Crippen molar-refractivity contribution in [2.24, 2.45) is 0 Å². The molecule has 0 spiro atoms. The number of phenols is 3. The van der Waals surface area contributed by atoms with Crippen LogP contribution in [0.25, 0.3) is 0 Å². The van der Waals surface area contributed by atoms with Gasteiger partial charge in [-0.2, -0.15) is 0 Å². The van der Waals surface area contributed by atoms with E-state index in [0.29, 0.717) is 21.4 Å². The summed E-state index contributed by atoms with van der Waals surface area (Å²) < 4.78 is 19.3. The maximum absolute atomic E-state index is 12.8. The van der Waals surface area contributed by atoms with E-state index in [1.54, 1.807) is 41.3 Å². The summed E-state index contributed by atoms with van der Waals surface area (Å²) in [7, 11) is 0. The summed E-state index contributed by atoms with van der Waals surface area (Å²) in [6, 6.07) is 10.1. The van der Waals surface area contributed by atoms with E-state index in [9.17, 15) is 29.7 Å². The van der Waals surface area contributed by atoms with E-state index in [1.807, 2.05) is 136 Å². The zero-order valence-corrected chi connectivity index (χ0v) is 34.0. The predicted octanol–water partition coefficient (Wildman–Crippen LogP) is 6.56. The lowest BCUT2D eigenvalue weighted by Crippen LogP contribution is -2.35. The molecule has 0 aliphatic rings. The van der Waals surface area contributed by atoms with Gasteiger partial charge in [-0.25, -0.2) is 14.4 Å². The quantitative estimate of drug-likeness (QED) is 0.0837. The first-order valence-corrected chi connectivity index (χ1v) is 18.0. The highest BCUT2D eigenvalue weighted by Crippen LogP contribution is 2.31. The van der Waals surface area contributed by atoms with Crippen LogP contribution in [-0.4, -0.2) is 71.2 Å². The molecule has 3 aromatic rings. The van der Waals surface area contributed by atoms with Gasteiger partial charge >= 0.3 is 17.9 Å². The van der Waals surface area contributed by atoms with Gasteiger partial charge in [0.05, 0.1) is 10.7 Å². The average molecular weight is 1250 g/mol. The third-order valence-corrected chi connectivity index (χ3v) is 10.8. The molecule has 0 fully saturated rings. The Bertz CT molecular complexity index is 1440. The van der Waals surface area contributed by atoms with E-state index < -0.39 is 17.9 Å². The number of ether oxygens (including phenoxy) is 3. The van der Waals surface area contributed by atoms with Gasteiger partial charge in [0.15, 0.2) is 0 Å². The van der Waals surface area contributed by atoms with Crippen molar-refractivity contribution in [2.75, 3.05) is 33.0 Å². The summed E-state index contributed by atoms with van der Waals surface area (Å²) in [4.78, 5) is 39.8. The molecule has 42 heavy (non-hydrogen) atoms. The number of carbonyl (C=O) groups excluding carboxylic acids is 3. The molecule has 16 heteroatoms. The molecule has 224 valence electrons. The fraction of sp³-hybridized carbons (Fsp3) is 0.192. The number of halogens is 6. The maximum atomic E-state index is 12.8. The van der Waals surface area contributed by atoms with E-state index in [4.69, 9.17) is 14.2 Å². The Hall–Kier alpha value is -0.190. The molecule has 0 unspecified atom stereocenters. The zero-order chi connectivity index (χ0) is 31.1. The molecule has 0 saturated carbocycles. The van der Waals surface area contributed by atoms with Crippen LogP contribution in [0.5, 0.6) is 17.2 Å². The van der Waals surface area contributed by atoms with E-state index in [2.05, 4.69) is 0 Å². The minimum Gasteiger partial charge on any atom is -0.506 e. The Balaban J connectivity index is 1.69. The van der Waals surface area contributed by atoms with Gasteiger partial charge in [-0.05, 0) is 172 Å². The van der Waals surface area contributed by atoms with Crippen LogP contribution in [0.3, 0.4) is 0 Å². The molecule has 0 radical (unpaired) electrons. The SMILES string of the molecule is O=C(OCCN(CCOC(=O)c1c(I)ccc(I)c1O)COC(=O)c1c(I)ccc(I)c1O)c1c(I)ccc(I)c1O. The van der Waals surface area contributed by atoms with Crippen LogP contribution in [0.4, 0.5) is 0 Å². The monoisotopic (exact) mass is 1250 g/mol. The lowest BCUT2D eigenvalue weighted by atomic mass is 10.2. The topological polar surface area (TPSA) is 143 Å². The summed E-state index contributed by atoms with van der Waals surface area (Å²) in [6.45, 7) is -0.370. The summed E-state index contributed by atoms with van der Waals surface area (Å²) in [6.07, 6.45) is 0. The van der Waals surface area contributed by atoms with Crippen molar-refractivity contribution >= 4 is 153 Å². The van der Waals surface area contributed by atoms with Crippen molar-refractivity contribution in [1.82, 2.24) is 4.90 Å². The van der Waals surface area contributed by atoms with Crippen LogP contribution in [0.2, 0.25) is 0 Å². The van der Waals surface area contributed by atoms with Gasteiger partial charge in [0, 0.05) is 23.8 Å². The molecule has 0 atom stereocenters. The fourth-order valence-electron chi connectivity index (χ4n) is 3.35. The number of hydrogen-bond acceptors (Lipinski definition) is 10. The number of aromatic hydroxyl groups is 3. The van der Waals surface area contributed by atoms with Crippen molar-refractivity contribution in [3.05, 3.63) is 74.5 Å². The van der Waals surface area contributed by atoms with Gasteiger partial charge in [0.2, 0.25) is 0 Å². The Morgan fingerprint density at radius 1 is 0.524 bits per heavy atom. The standard InChI is InChI=1S/C26H19I6NO9/c27-12-1-4-15(30)21(34)18(12)24(37)40-9-7-33(11-42-26(39)20-14(29)3-6-17(32)23(20)36)8-10-41-25(38)19-13(28)2-5-16(31)22(19)35/h1-6,34-36H,7-11H2. The van der Waals surface area contributed by atoms with Gasteiger partial charge in [0.1, 0.15) is 53.9 Å². The van der Waals surface area contributed by atoms with Crippen LogP contribution in [-0.2, 0) is 14.2 Å². The van der Waals surface area contributed by atoms with Crippen LogP contribution in [0, 0.1) is 21.4 Å². The molecule has 0 aliphatic heterocycles. The summed E-state index contributed by atoms with van der Waals surface area (Å²) in [5.74, 6) is -2.75. The van der Waals surface area contributed by atoms with E-state index in [-0.39, 0.29) is 67.0 Å². The smallest absolute Gasteiger partial charge is 0.344 e. The molecular formula is C26H19I6NO9. The van der Waals surface area contributed by atoms with Gasteiger partial charge < -0.3 is 29.5 Å². The molecule has 0 saturated heterocycles. The molecule has 10 nitrogen and oxygen atoms in total. The Morgan fingerprint density at radius 3 is 1.14 bits per heavy atom. The Labute approximate surface area is 322 Å². The second-order valence-corrected chi connectivity index (χ2v) is 15.2. The minimum absolute atomic E-state index is 0.0211. The first kappa shape index (κ1) is 36.3. The molecule has 3 rings (SSSR count). The number of nitrogens with zero attached hydrogens (tertiary/aromatic N) is 1. The molecule has 0 amide bonds. The number of carbonyl (C=O) groups is 3. The Morgan fingerprint density at radius 2 is 0.810 bits per heavy atom. The summed E-state index contributed by atoms with van der Waals surface area (Å²) in [5.41, 5.74) is 0.114. The maximum Gasteiger partial charge on any atom is 0.344 e. The van der Waals surface area contributed by atoms with Crippen LogP contribution >= 0.6 is 136 Å². The van der Waals surface area contributed by atoms with Crippen molar-refractivity contribution in [3.63, 3.8) is 0 Å². The first-order chi connectivity index (χ1) is 19.8. The van der Waals surface area contributed by atoms with Crippen molar-refractivity contribution in [3.8, 4) is 17.2 Å². The van der Waals surface area contributed by atoms with Crippen LogP contribution < -0.4 is 0 Å². The molecule has 3 N–H and O–H groups in total. The van der Waals surface area contributed by atoms with Crippen molar-refractivity contribution in [2.45, 2.75) is 0 Å². The lowest BCUT2D eigenvalue weighted by molar-refractivity contribution is 0.00330. The molecule has 0 bridgehead atoms. The fourth-order valence-corrected chi connectivity index (χ4v) is 6.66. The minimum atomic E-state index is -0.758. The molecule has 0 aliphatic carbocycles. The number of hydrogen-bond donors (Lipinski definition) is 3. The third kappa shape index (κ3) is 9.41. The first-order valence-electron chi connectivity index (χ1n) is 11.6. The summed E-state index contributed by atoms with van der Waals surface area (Å²) in [5, 5.41) is 31.0. The van der Waals surface area contributed by atoms with E-state index in [1.165, 1.54) is 0 Å². The second-order valence-electron chi connectivity index (χ2n) is 8.21. The normalized spacial score (nSPS) is 10.9. The van der Waals surface area contributed by atoms with Gasteiger partial charge in [-0.15, -0.1) is 0 Å². The second kappa shape index (κ2) is 16.9. The zero-order valence-electron chi connectivity index (χ0n) is 21.0. The number of benzene rings is 3. The summed E-state index contributed by atoms with van der Waals surface area (Å²) >= 11 is 11.5. The largest absolute Gasteiger partial charge is 0.506 e. The molecule has 0 aromatic heterocycles. The lowest BCUT2D eigenvalue weighted by Gasteiger charge is -2.22. The van der Waals surface area contributed by atoms with E-state index in [0.717, 1.165) is 0 Å². The van der Waals surface area contributed by atoms with Crippen LogP contribution in [0.15, 0.2) is 36.4 Å². The number of rotatable bonds is 11. The van der Waals surface area contributed by atoms with Gasteiger partial charge in [-0.3, -0.25) is 4.90 Å². The highest BCUT2D eigenvalue weighted by molar-refractivity contribution is 14.1. The number of phenolic OH excluding ortho intramolecular Hbond substituents is 3. The highest BCUT2D eigenvalue weighted by Gasteiger charge is 2.23. The van der Waals surface area contributed by atoms with Crippen molar-refractivity contribution < 1.29 is 43.9 Å². The van der Waals surface area contributed by atoms with Gasteiger partial charge in [0.25, 0.3) is 0 Å². The van der Waals surface area contributed by atoms with E-state index >= 15 is 0 Å².